The molecule has 1 atom stereocenters. The normalized spacial score (nSPS) is 12.5. The molecule has 0 spiro atoms. The highest BCUT2D eigenvalue weighted by Gasteiger charge is 2.13. The second-order valence-electron chi connectivity index (χ2n) is 4.11. The smallest absolute Gasteiger partial charge is 0.106 e. The van der Waals surface area contributed by atoms with Crippen molar-refractivity contribution >= 4 is 10.9 Å². The zero-order valence-corrected chi connectivity index (χ0v) is 9.69. The van der Waals surface area contributed by atoms with Crippen molar-refractivity contribution in [2.75, 3.05) is 0 Å². The Morgan fingerprint density at radius 3 is 2.67 bits per heavy atom. The Balaban J connectivity index is 2.15. The van der Waals surface area contributed by atoms with E-state index in [4.69, 9.17) is 0 Å². The fourth-order valence-corrected chi connectivity index (χ4v) is 2.08. The average Bonchev–Trinajstić information content (AvgIpc) is 2.47. The minimum Gasteiger partial charge on any atom is -0.384 e. The fourth-order valence-electron chi connectivity index (χ4n) is 2.08. The third-order valence-electron chi connectivity index (χ3n) is 2.97. The molecule has 2 aromatic heterocycles. The first-order valence-electron chi connectivity index (χ1n) is 5.78. The van der Waals surface area contributed by atoms with Gasteiger partial charge in [-0.25, -0.2) is 0 Å². The number of nitrogens with zero attached hydrogens (tertiary/aromatic N) is 2. The summed E-state index contributed by atoms with van der Waals surface area (Å²) in [5, 5.41) is 11.4. The number of rotatable bonds is 2. The molecular weight excluding hydrogens is 224 g/mol. The van der Waals surface area contributed by atoms with Crippen LogP contribution in [0.15, 0.2) is 61.1 Å². The van der Waals surface area contributed by atoms with E-state index in [2.05, 4.69) is 9.97 Å². The molecule has 88 valence electrons. The number of hydrogen-bond acceptors (Lipinski definition) is 3. The molecule has 3 aromatic rings. The second kappa shape index (κ2) is 4.55. The van der Waals surface area contributed by atoms with E-state index in [1.807, 2.05) is 42.5 Å². The van der Waals surface area contributed by atoms with Crippen molar-refractivity contribution in [1.82, 2.24) is 9.97 Å². The number of pyridine rings is 2. The van der Waals surface area contributed by atoms with E-state index in [1.54, 1.807) is 18.6 Å². The van der Waals surface area contributed by atoms with Gasteiger partial charge in [0.15, 0.2) is 0 Å². The van der Waals surface area contributed by atoms with E-state index in [0.29, 0.717) is 0 Å². The first-order valence-corrected chi connectivity index (χ1v) is 5.78. The van der Waals surface area contributed by atoms with Crippen LogP contribution in [0, 0.1) is 0 Å². The molecule has 18 heavy (non-hydrogen) atoms. The van der Waals surface area contributed by atoms with Crippen molar-refractivity contribution in [3.05, 3.63) is 72.2 Å². The van der Waals surface area contributed by atoms with Crippen molar-refractivity contribution in [3.8, 4) is 0 Å². The number of hydrogen-bond donors (Lipinski definition) is 1. The fraction of sp³-hybridized carbons (Fsp3) is 0.0667. The van der Waals surface area contributed by atoms with Gasteiger partial charge < -0.3 is 5.11 Å². The van der Waals surface area contributed by atoms with Crippen LogP contribution in [0.4, 0.5) is 0 Å². The maximum atomic E-state index is 10.4. The molecule has 0 bridgehead atoms. The first kappa shape index (κ1) is 10.9. The van der Waals surface area contributed by atoms with Crippen molar-refractivity contribution in [1.29, 1.82) is 0 Å². The molecule has 0 aliphatic heterocycles. The molecule has 0 aliphatic rings. The lowest BCUT2D eigenvalue weighted by molar-refractivity contribution is 0.221. The SMILES string of the molecule is OC(c1cccnc1)c1cccc2ncccc12. The first-order chi connectivity index (χ1) is 8.86. The van der Waals surface area contributed by atoms with Crippen LogP contribution in [0.3, 0.4) is 0 Å². The molecule has 0 radical (unpaired) electrons. The Morgan fingerprint density at radius 1 is 0.944 bits per heavy atom. The molecule has 3 nitrogen and oxygen atoms in total. The zero-order valence-electron chi connectivity index (χ0n) is 9.69. The minimum absolute atomic E-state index is 0.674. The van der Waals surface area contributed by atoms with Gasteiger partial charge in [0.1, 0.15) is 6.10 Å². The number of aliphatic hydroxyl groups excluding tert-OH is 1. The summed E-state index contributed by atoms with van der Waals surface area (Å²) in [6, 6.07) is 13.3. The Morgan fingerprint density at radius 2 is 1.83 bits per heavy atom. The third-order valence-corrected chi connectivity index (χ3v) is 2.97. The van der Waals surface area contributed by atoms with Gasteiger partial charge in [0.2, 0.25) is 0 Å². The quantitative estimate of drug-likeness (QED) is 0.744. The van der Waals surface area contributed by atoms with Crippen LogP contribution in [-0.2, 0) is 0 Å². The van der Waals surface area contributed by atoms with Crippen molar-refractivity contribution in [2.24, 2.45) is 0 Å². The summed E-state index contributed by atoms with van der Waals surface area (Å²) in [6.45, 7) is 0. The van der Waals surface area contributed by atoms with Crippen LogP contribution in [0.5, 0.6) is 0 Å². The molecule has 3 rings (SSSR count). The molecule has 1 unspecified atom stereocenters. The van der Waals surface area contributed by atoms with Gasteiger partial charge in [0.05, 0.1) is 5.52 Å². The molecule has 0 saturated carbocycles. The minimum atomic E-state index is -0.674. The largest absolute Gasteiger partial charge is 0.384 e. The molecule has 2 heterocycles. The summed E-state index contributed by atoms with van der Waals surface area (Å²) in [7, 11) is 0. The summed E-state index contributed by atoms with van der Waals surface area (Å²) < 4.78 is 0. The Kier molecular flexibility index (Phi) is 2.74. The summed E-state index contributed by atoms with van der Waals surface area (Å²) in [4.78, 5) is 8.33. The molecule has 3 heteroatoms. The maximum Gasteiger partial charge on any atom is 0.106 e. The van der Waals surface area contributed by atoms with E-state index >= 15 is 0 Å². The van der Waals surface area contributed by atoms with Gasteiger partial charge >= 0.3 is 0 Å². The topological polar surface area (TPSA) is 46.0 Å². The van der Waals surface area contributed by atoms with Gasteiger partial charge in [-0.1, -0.05) is 24.3 Å². The summed E-state index contributed by atoms with van der Waals surface area (Å²) in [5.74, 6) is 0. The lowest BCUT2D eigenvalue weighted by Gasteiger charge is -2.13. The summed E-state index contributed by atoms with van der Waals surface area (Å²) in [6.07, 6.45) is 4.45. The van der Waals surface area contributed by atoms with E-state index in [-0.39, 0.29) is 0 Å². The highest BCUT2D eigenvalue weighted by Crippen LogP contribution is 2.27. The summed E-state index contributed by atoms with van der Waals surface area (Å²) in [5.41, 5.74) is 2.53. The number of aromatic nitrogens is 2. The third kappa shape index (κ3) is 1.85. The zero-order chi connectivity index (χ0) is 12.4. The number of aliphatic hydroxyl groups is 1. The lowest BCUT2D eigenvalue weighted by Crippen LogP contribution is -2.01. The van der Waals surface area contributed by atoms with Crippen molar-refractivity contribution in [2.45, 2.75) is 6.10 Å². The van der Waals surface area contributed by atoms with Gasteiger partial charge in [-0.2, -0.15) is 0 Å². The second-order valence-corrected chi connectivity index (χ2v) is 4.11. The highest BCUT2D eigenvalue weighted by molar-refractivity contribution is 5.82. The number of benzene rings is 1. The van der Waals surface area contributed by atoms with E-state index < -0.39 is 6.10 Å². The molecule has 0 fully saturated rings. The van der Waals surface area contributed by atoms with E-state index in [9.17, 15) is 5.11 Å². The van der Waals surface area contributed by atoms with Crippen LogP contribution < -0.4 is 0 Å². The molecule has 0 amide bonds. The van der Waals surface area contributed by atoms with E-state index in [0.717, 1.165) is 22.0 Å². The van der Waals surface area contributed by atoms with Crippen LogP contribution in [0.2, 0.25) is 0 Å². The van der Waals surface area contributed by atoms with E-state index in [1.165, 1.54) is 0 Å². The standard InChI is InChI=1S/C15H12N2O/c18-15(11-4-2-8-16-10-11)13-5-1-7-14-12(13)6-3-9-17-14/h1-10,15,18H. The monoisotopic (exact) mass is 236 g/mol. The van der Waals surface area contributed by atoms with Gasteiger partial charge in [0.25, 0.3) is 0 Å². The van der Waals surface area contributed by atoms with Gasteiger partial charge in [-0.3, -0.25) is 9.97 Å². The van der Waals surface area contributed by atoms with Crippen molar-refractivity contribution < 1.29 is 5.11 Å². The number of fused-ring (bicyclic) bond motifs is 1. The van der Waals surface area contributed by atoms with Crippen LogP contribution >= 0.6 is 0 Å². The predicted molar refractivity (Wildman–Crippen MR) is 70.0 cm³/mol. The molecule has 1 N–H and O–H groups in total. The molecular formula is C15H12N2O. The Hall–Kier alpha value is -2.26. The van der Waals surface area contributed by atoms with Crippen LogP contribution in [-0.4, -0.2) is 15.1 Å². The lowest BCUT2D eigenvalue weighted by atomic mass is 9.99. The average molecular weight is 236 g/mol. The van der Waals surface area contributed by atoms with Gasteiger partial charge in [0, 0.05) is 29.5 Å². The molecule has 0 aliphatic carbocycles. The van der Waals surface area contributed by atoms with Gasteiger partial charge in [-0.05, 0) is 23.8 Å². The predicted octanol–water partition coefficient (Wildman–Crippen LogP) is 2.71. The maximum absolute atomic E-state index is 10.4. The van der Waals surface area contributed by atoms with Crippen molar-refractivity contribution in [3.63, 3.8) is 0 Å². The van der Waals surface area contributed by atoms with Crippen LogP contribution in [0.1, 0.15) is 17.2 Å². The van der Waals surface area contributed by atoms with Crippen LogP contribution in [0.25, 0.3) is 10.9 Å². The highest BCUT2D eigenvalue weighted by atomic mass is 16.3. The molecule has 0 saturated heterocycles. The Labute approximate surface area is 105 Å². The molecule has 1 aromatic carbocycles. The van der Waals surface area contributed by atoms with Gasteiger partial charge in [-0.15, -0.1) is 0 Å². The summed E-state index contributed by atoms with van der Waals surface area (Å²) >= 11 is 0. The Bertz CT molecular complexity index is 662.